The van der Waals surface area contributed by atoms with Gasteiger partial charge in [-0.1, -0.05) is 19.8 Å². The molecular formula is C16H22FN3O7. The lowest BCUT2D eigenvalue weighted by molar-refractivity contribution is -0.0643. The van der Waals surface area contributed by atoms with Crippen molar-refractivity contribution in [3.8, 4) is 0 Å². The van der Waals surface area contributed by atoms with Gasteiger partial charge in [0.1, 0.15) is 0 Å². The SMILES string of the molecule is CCCCCOC(=O)NC1NC(=O)N([C@@H]2O[C@H](C)[C@H]3OC(=O)O[C@H]32)C=C1F. The highest BCUT2D eigenvalue weighted by atomic mass is 19.1. The van der Waals surface area contributed by atoms with E-state index in [2.05, 4.69) is 10.6 Å². The van der Waals surface area contributed by atoms with Crippen LogP contribution < -0.4 is 10.6 Å². The van der Waals surface area contributed by atoms with Gasteiger partial charge in [-0.25, -0.2) is 18.8 Å². The molecule has 3 amide bonds. The molecule has 11 heteroatoms. The topological polar surface area (TPSA) is 115 Å². The zero-order valence-electron chi connectivity index (χ0n) is 15.0. The Kier molecular flexibility index (Phi) is 5.68. The summed E-state index contributed by atoms with van der Waals surface area (Å²) in [7, 11) is 0. The predicted molar refractivity (Wildman–Crippen MR) is 86.8 cm³/mol. The minimum atomic E-state index is -1.36. The molecule has 0 aromatic rings. The number of unbranched alkanes of at least 4 members (excludes halogenated alkanes) is 2. The molecule has 1 unspecified atom stereocenters. The van der Waals surface area contributed by atoms with E-state index < -0.39 is 54.8 Å². The summed E-state index contributed by atoms with van der Waals surface area (Å²) in [5.41, 5.74) is 0. The first-order valence-electron chi connectivity index (χ1n) is 8.82. The molecule has 0 aromatic carbocycles. The fourth-order valence-electron chi connectivity index (χ4n) is 3.07. The second-order valence-corrected chi connectivity index (χ2v) is 6.44. The molecule has 0 aromatic heterocycles. The third-order valence-corrected chi connectivity index (χ3v) is 4.44. The van der Waals surface area contributed by atoms with E-state index in [1.807, 2.05) is 6.92 Å². The van der Waals surface area contributed by atoms with Crippen LogP contribution in [-0.4, -0.2) is 60.5 Å². The Balaban J connectivity index is 1.60. The average Bonchev–Trinajstić information content (AvgIpc) is 3.13. The number of carbonyl (C=O) groups is 3. The Hall–Kier alpha value is -2.56. The standard InChI is InChI=1S/C16H22FN3O7/c1-3-4-5-6-24-15(22)19-12-9(17)7-20(14(21)18-12)13-11-10(8(2)25-13)26-16(23)27-11/h7-8,10-13H,3-6H2,1-2H3,(H,18,21)(H,19,22)/t8-,10-,11-,12?,13-/m1/s1. The average molecular weight is 387 g/mol. The van der Waals surface area contributed by atoms with Crippen LogP contribution in [0.3, 0.4) is 0 Å². The second-order valence-electron chi connectivity index (χ2n) is 6.44. The first-order valence-corrected chi connectivity index (χ1v) is 8.82. The summed E-state index contributed by atoms with van der Waals surface area (Å²) < 4.78 is 34.9. The lowest BCUT2D eigenvalue weighted by Crippen LogP contribution is -2.58. The smallest absolute Gasteiger partial charge is 0.450 e. The fraction of sp³-hybridized carbons (Fsp3) is 0.688. The quantitative estimate of drug-likeness (QED) is 0.527. The monoisotopic (exact) mass is 387 g/mol. The van der Waals surface area contributed by atoms with E-state index in [9.17, 15) is 18.8 Å². The Morgan fingerprint density at radius 2 is 2.07 bits per heavy atom. The van der Waals surface area contributed by atoms with Crippen LogP contribution in [0, 0.1) is 0 Å². The summed E-state index contributed by atoms with van der Waals surface area (Å²) in [4.78, 5) is 36.3. The molecule has 27 heavy (non-hydrogen) atoms. The number of amides is 3. The lowest BCUT2D eigenvalue weighted by Gasteiger charge is -2.33. The number of hydrogen-bond acceptors (Lipinski definition) is 7. The van der Waals surface area contributed by atoms with Gasteiger partial charge in [0.05, 0.1) is 12.7 Å². The van der Waals surface area contributed by atoms with Crippen LogP contribution in [0.2, 0.25) is 0 Å². The van der Waals surface area contributed by atoms with Crippen LogP contribution >= 0.6 is 0 Å². The van der Waals surface area contributed by atoms with Gasteiger partial charge in [-0.05, 0) is 13.3 Å². The van der Waals surface area contributed by atoms with Crippen molar-refractivity contribution in [3.63, 3.8) is 0 Å². The van der Waals surface area contributed by atoms with E-state index in [0.29, 0.717) is 6.42 Å². The maximum atomic E-state index is 14.4. The zero-order valence-corrected chi connectivity index (χ0v) is 15.0. The third-order valence-electron chi connectivity index (χ3n) is 4.44. The highest BCUT2D eigenvalue weighted by Gasteiger charge is 2.55. The summed E-state index contributed by atoms with van der Waals surface area (Å²) >= 11 is 0. The van der Waals surface area contributed by atoms with Crippen LogP contribution in [0.5, 0.6) is 0 Å². The Bertz CT molecular complexity index is 644. The number of carbonyl (C=O) groups excluding carboxylic acids is 3. The molecule has 3 heterocycles. The molecule has 0 saturated carbocycles. The lowest BCUT2D eigenvalue weighted by atomic mass is 10.1. The summed E-state index contributed by atoms with van der Waals surface area (Å²) in [6.45, 7) is 3.87. The number of ether oxygens (including phenoxy) is 4. The molecule has 2 fully saturated rings. The molecule has 0 bridgehead atoms. The van der Waals surface area contributed by atoms with E-state index >= 15 is 0 Å². The van der Waals surface area contributed by atoms with Gasteiger partial charge in [-0.3, -0.25) is 10.2 Å². The number of urea groups is 1. The molecule has 0 radical (unpaired) electrons. The number of rotatable bonds is 6. The van der Waals surface area contributed by atoms with Crippen LogP contribution in [0.1, 0.15) is 33.1 Å². The Labute approximate surface area is 154 Å². The molecule has 150 valence electrons. The molecule has 3 aliphatic heterocycles. The zero-order chi connectivity index (χ0) is 19.6. The Morgan fingerprint density at radius 3 is 2.81 bits per heavy atom. The van der Waals surface area contributed by atoms with Crippen molar-refractivity contribution in [3.05, 3.63) is 12.0 Å². The summed E-state index contributed by atoms with van der Waals surface area (Å²) in [6.07, 6.45) is -2.68. The number of fused-ring (bicyclic) bond motifs is 1. The predicted octanol–water partition coefficient (Wildman–Crippen LogP) is 1.71. The minimum absolute atomic E-state index is 0.208. The van der Waals surface area contributed by atoms with Gasteiger partial charge < -0.3 is 24.3 Å². The van der Waals surface area contributed by atoms with E-state index in [4.69, 9.17) is 18.9 Å². The highest BCUT2D eigenvalue weighted by Crippen LogP contribution is 2.34. The third kappa shape index (κ3) is 4.07. The van der Waals surface area contributed by atoms with Crippen molar-refractivity contribution in [1.82, 2.24) is 15.5 Å². The number of nitrogens with zero attached hydrogens (tertiary/aromatic N) is 1. The van der Waals surface area contributed by atoms with Crippen molar-refractivity contribution in [2.24, 2.45) is 0 Å². The van der Waals surface area contributed by atoms with Gasteiger partial charge in [0.25, 0.3) is 0 Å². The highest BCUT2D eigenvalue weighted by molar-refractivity contribution is 5.79. The van der Waals surface area contributed by atoms with E-state index in [0.717, 1.165) is 23.9 Å². The first-order chi connectivity index (χ1) is 12.9. The van der Waals surface area contributed by atoms with Crippen molar-refractivity contribution >= 4 is 18.3 Å². The minimum Gasteiger partial charge on any atom is -0.450 e. The molecule has 0 spiro atoms. The number of hydrogen-bond donors (Lipinski definition) is 2. The molecule has 5 atom stereocenters. The van der Waals surface area contributed by atoms with Crippen molar-refractivity contribution in [1.29, 1.82) is 0 Å². The number of halogens is 1. The fourth-order valence-corrected chi connectivity index (χ4v) is 3.07. The van der Waals surface area contributed by atoms with Crippen molar-refractivity contribution < 1.29 is 37.7 Å². The maximum absolute atomic E-state index is 14.4. The largest absolute Gasteiger partial charge is 0.509 e. The van der Waals surface area contributed by atoms with E-state index in [1.54, 1.807) is 6.92 Å². The van der Waals surface area contributed by atoms with Gasteiger partial charge in [0, 0.05) is 6.20 Å². The van der Waals surface area contributed by atoms with Gasteiger partial charge in [0.15, 0.2) is 30.4 Å². The van der Waals surface area contributed by atoms with Crippen LogP contribution in [-0.2, 0) is 18.9 Å². The summed E-state index contributed by atoms with van der Waals surface area (Å²) in [6, 6.07) is -0.728. The second kappa shape index (κ2) is 7.99. The molecule has 3 aliphatic rings. The molecular weight excluding hydrogens is 365 g/mol. The van der Waals surface area contributed by atoms with Gasteiger partial charge in [-0.15, -0.1) is 0 Å². The number of alkyl carbamates (subject to hydrolysis) is 1. The normalized spacial score (nSPS) is 32.2. The molecule has 0 aliphatic carbocycles. The van der Waals surface area contributed by atoms with Crippen LogP contribution in [0.15, 0.2) is 12.0 Å². The Morgan fingerprint density at radius 1 is 1.33 bits per heavy atom. The first kappa shape index (κ1) is 19.2. The van der Waals surface area contributed by atoms with Crippen LogP contribution in [0.25, 0.3) is 0 Å². The number of nitrogens with one attached hydrogen (secondary N) is 2. The summed E-state index contributed by atoms with van der Waals surface area (Å²) in [5.74, 6) is -0.829. The van der Waals surface area contributed by atoms with Crippen molar-refractivity contribution in [2.75, 3.05) is 6.61 Å². The molecule has 2 N–H and O–H groups in total. The maximum Gasteiger partial charge on any atom is 0.509 e. The molecule has 2 saturated heterocycles. The summed E-state index contributed by atoms with van der Waals surface area (Å²) in [5, 5.41) is 4.54. The van der Waals surface area contributed by atoms with Gasteiger partial charge in [-0.2, -0.15) is 0 Å². The van der Waals surface area contributed by atoms with Gasteiger partial charge in [0.2, 0.25) is 0 Å². The van der Waals surface area contributed by atoms with Crippen molar-refractivity contribution in [2.45, 2.75) is 63.8 Å². The van der Waals surface area contributed by atoms with Crippen LogP contribution in [0.4, 0.5) is 18.8 Å². The van der Waals surface area contributed by atoms with E-state index in [1.165, 1.54) is 0 Å². The molecule has 10 nitrogen and oxygen atoms in total. The van der Waals surface area contributed by atoms with E-state index in [-0.39, 0.29) is 6.61 Å². The van der Waals surface area contributed by atoms with Gasteiger partial charge >= 0.3 is 18.3 Å². The molecule has 3 rings (SSSR count).